The molecule has 1 aromatic heterocycles. The van der Waals surface area contributed by atoms with Crippen LogP contribution in [0.3, 0.4) is 0 Å². The van der Waals surface area contributed by atoms with Crippen molar-refractivity contribution < 1.29 is 0 Å². The molecule has 1 heterocycles. The number of hydrogen-bond acceptors (Lipinski definition) is 2. The normalized spacial score (nSPS) is 10.9. The molecule has 0 aliphatic heterocycles. The smallest absolute Gasteiger partial charge is 0.107 e. The first-order chi connectivity index (χ1) is 5.79. The van der Waals surface area contributed by atoms with Crippen LogP contribution in [-0.2, 0) is 6.42 Å². The van der Waals surface area contributed by atoms with E-state index in [1.807, 2.05) is 0 Å². The second-order valence-corrected chi connectivity index (χ2v) is 3.88. The highest BCUT2D eigenvalue weighted by Gasteiger charge is 1.99. The Hall–Kier alpha value is -0.280. The number of H-pyrrole nitrogens is 1. The summed E-state index contributed by atoms with van der Waals surface area (Å²) in [6, 6.07) is 0. The van der Waals surface area contributed by atoms with Gasteiger partial charge in [-0.1, -0.05) is 6.42 Å². The molecular weight excluding hydrogens is 197 g/mol. The molecule has 0 aliphatic rings. The van der Waals surface area contributed by atoms with Crippen molar-refractivity contribution in [1.82, 2.24) is 15.4 Å². The van der Waals surface area contributed by atoms with E-state index < -0.39 is 0 Å². The predicted molar refractivity (Wildman–Crippen MR) is 49.4 cm³/mol. The van der Waals surface area contributed by atoms with Gasteiger partial charge < -0.3 is 0 Å². The number of aryl methyl sites for hydroxylation is 1. The summed E-state index contributed by atoms with van der Waals surface area (Å²) in [6.45, 7) is 0. The van der Waals surface area contributed by atoms with E-state index in [2.05, 4.69) is 15.4 Å². The highest BCUT2D eigenvalue weighted by molar-refractivity contribution is 6.44. The minimum Gasteiger partial charge on any atom is -0.198 e. The molecule has 1 rings (SSSR count). The van der Waals surface area contributed by atoms with Crippen molar-refractivity contribution in [2.75, 3.05) is 0 Å². The Morgan fingerprint density at radius 3 is 2.83 bits per heavy atom. The lowest BCUT2D eigenvalue weighted by molar-refractivity contribution is 0.695. The van der Waals surface area contributed by atoms with Gasteiger partial charge in [-0.25, -0.2) is 0 Å². The van der Waals surface area contributed by atoms with Crippen LogP contribution in [-0.4, -0.2) is 20.2 Å². The molecule has 0 saturated carbocycles. The third kappa shape index (κ3) is 3.93. The second-order valence-electron chi connectivity index (χ2n) is 2.60. The summed E-state index contributed by atoms with van der Waals surface area (Å²) in [5.41, 5.74) is 0.996. The molecule has 0 unspecified atom stereocenters. The summed E-state index contributed by atoms with van der Waals surface area (Å²) in [5.74, 6) is 0. The Balaban J connectivity index is 2.04. The van der Waals surface area contributed by atoms with Crippen LogP contribution in [0.25, 0.3) is 0 Å². The first kappa shape index (κ1) is 9.81. The molecule has 0 aliphatic carbocycles. The lowest BCUT2D eigenvalue weighted by atomic mass is 10.2. The van der Waals surface area contributed by atoms with Gasteiger partial charge in [0.15, 0.2) is 0 Å². The first-order valence-corrected chi connectivity index (χ1v) is 4.79. The highest BCUT2D eigenvalue weighted by Crippen LogP contribution is 2.12. The van der Waals surface area contributed by atoms with Crippen molar-refractivity contribution in [3.05, 3.63) is 11.9 Å². The topological polar surface area (TPSA) is 41.6 Å². The molecule has 5 heteroatoms. The molecule has 0 spiro atoms. The number of hydrogen-bond donors (Lipinski definition) is 1. The maximum Gasteiger partial charge on any atom is 0.107 e. The van der Waals surface area contributed by atoms with Crippen LogP contribution in [0.2, 0.25) is 0 Å². The van der Waals surface area contributed by atoms with Gasteiger partial charge >= 0.3 is 0 Å². The van der Waals surface area contributed by atoms with Gasteiger partial charge in [0.1, 0.15) is 4.84 Å². The molecule has 68 valence electrons. The average Bonchev–Trinajstić information content (AvgIpc) is 2.49. The molecule has 0 fully saturated rings. The van der Waals surface area contributed by atoms with Crippen molar-refractivity contribution in [2.45, 2.75) is 30.5 Å². The molecule has 1 N–H and O–H groups in total. The van der Waals surface area contributed by atoms with Gasteiger partial charge in [-0.2, -0.15) is 15.4 Å². The van der Waals surface area contributed by atoms with Crippen LogP contribution in [0.5, 0.6) is 0 Å². The maximum absolute atomic E-state index is 5.57. The second kappa shape index (κ2) is 5.38. The first-order valence-electron chi connectivity index (χ1n) is 3.92. The fourth-order valence-electron chi connectivity index (χ4n) is 0.951. The third-order valence-corrected chi connectivity index (χ3v) is 2.01. The monoisotopic (exact) mass is 207 g/mol. The highest BCUT2D eigenvalue weighted by atomic mass is 35.5. The molecule has 3 nitrogen and oxygen atoms in total. The van der Waals surface area contributed by atoms with Gasteiger partial charge in [0.05, 0.1) is 11.9 Å². The standard InChI is InChI=1S/C7H11Cl2N3/c8-7(9)4-2-1-3-6-5-10-12-11-6/h5,7H,1-4H2,(H,10,11,12). The number of halogens is 2. The molecule has 12 heavy (non-hydrogen) atoms. The summed E-state index contributed by atoms with van der Waals surface area (Å²) in [6.07, 6.45) is 5.61. The summed E-state index contributed by atoms with van der Waals surface area (Å²) >= 11 is 11.1. The summed E-state index contributed by atoms with van der Waals surface area (Å²) in [7, 11) is 0. The van der Waals surface area contributed by atoms with Crippen molar-refractivity contribution in [3.63, 3.8) is 0 Å². The average molecular weight is 208 g/mol. The lowest BCUT2D eigenvalue weighted by Gasteiger charge is -1.98. The number of rotatable bonds is 5. The molecule has 0 radical (unpaired) electrons. The van der Waals surface area contributed by atoms with Crippen LogP contribution < -0.4 is 0 Å². The predicted octanol–water partition coefficient (Wildman–Crippen LogP) is 2.32. The molecular formula is C7H11Cl2N3. The quantitative estimate of drug-likeness (QED) is 0.595. The van der Waals surface area contributed by atoms with Gasteiger partial charge in [-0.05, 0) is 19.3 Å². The fraction of sp³-hybridized carbons (Fsp3) is 0.714. The van der Waals surface area contributed by atoms with Crippen LogP contribution in [0.4, 0.5) is 0 Å². The maximum atomic E-state index is 5.57. The summed E-state index contributed by atoms with van der Waals surface area (Å²) in [5, 5.41) is 10.2. The zero-order valence-electron chi connectivity index (χ0n) is 6.63. The van der Waals surface area contributed by atoms with Gasteiger partial charge in [0.25, 0.3) is 0 Å². The van der Waals surface area contributed by atoms with Crippen molar-refractivity contribution in [3.8, 4) is 0 Å². The molecule has 0 bridgehead atoms. The summed E-state index contributed by atoms with van der Waals surface area (Å²) < 4.78 is 0. The largest absolute Gasteiger partial charge is 0.198 e. The van der Waals surface area contributed by atoms with E-state index in [1.165, 1.54) is 0 Å². The number of aromatic amines is 1. The zero-order chi connectivity index (χ0) is 8.81. The van der Waals surface area contributed by atoms with Gasteiger partial charge in [-0.15, -0.1) is 23.2 Å². The molecule has 1 aromatic rings. The number of nitrogens with zero attached hydrogens (tertiary/aromatic N) is 2. The van der Waals surface area contributed by atoms with E-state index >= 15 is 0 Å². The van der Waals surface area contributed by atoms with E-state index in [0.717, 1.165) is 31.4 Å². The summed E-state index contributed by atoms with van der Waals surface area (Å²) in [4.78, 5) is -0.234. The van der Waals surface area contributed by atoms with Gasteiger partial charge in [0.2, 0.25) is 0 Å². The van der Waals surface area contributed by atoms with Gasteiger partial charge in [-0.3, -0.25) is 0 Å². The minimum absolute atomic E-state index is 0.234. The molecule has 0 amide bonds. The molecule has 0 aromatic carbocycles. The Kier molecular flexibility index (Phi) is 4.40. The van der Waals surface area contributed by atoms with E-state index in [-0.39, 0.29) is 4.84 Å². The van der Waals surface area contributed by atoms with Crippen molar-refractivity contribution >= 4 is 23.2 Å². The van der Waals surface area contributed by atoms with E-state index in [9.17, 15) is 0 Å². The lowest BCUT2D eigenvalue weighted by Crippen LogP contribution is -1.90. The van der Waals surface area contributed by atoms with E-state index in [0.29, 0.717) is 0 Å². The van der Waals surface area contributed by atoms with Crippen LogP contribution >= 0.6 is 23.2 Å². The van der Waals surface area contributed by atoms with Crippen molar-refractivity contribution in [1.29, 1.82) is 0 Å². The molecule has 0 saturated heterocycles. The van der Waals surface area contributed by atoms with Gasteiger partial charge in [0, 0.05) is 0 Å². The number of unbranched alkanes of at least 4 members (excludes halogenated alkanes) is 1. The molecule has 0 atom stereocenters. The minimum atomic E-state index is -0.234. The number of aromatic nitrogens is 3. The Bertz CT molecular complexity index is 198. The number of alkyl halides is 2. The van der Waals surface area contributed by atoms with Crippen molar-refractivity contribution in [2.24, 2.45) is 0 Å². The Morgan fingerprint density at radius 2 is 2.25 bits per heavy atom. The zero-order valence-corrected chi connectivity index (χ0v) is 8.15. The van der Waals surface area contributed by atoms with E-state index in [1.54, 1.807) is 6.20 Å². The Labute approximate surface area is 81.4 Å². The van der Waals surface area contributed by atoms with Crippen LogP contribution in [0.1, 0.15) is 25.0 Å². The van der Waals surface area contributed by atoms with E-state index in [4.69, 9.17) is 23.2 Å². The number of nitrogens with one attached hydrogen (secondary N) is 1. The Morgan fingerprint density at radius 1 is 1.42 bits per heavy atom. The third-order valence-electron chi connectivity index (χ3n) is 1.57. The van der Waals surface area contributed by atoms with Crippen LogP contribution in [0, 0.1) is 0 Å². The fourth-order valence-corrected chi connectivity index (χ4v) is 1.26. The van der Waals surface area contributed by atoms with Crippen LogP contribution in [0.15, 0.2) is 6.20 Å². The SMILES string of the molecule is ClC(Cl)CCCCc1cn[nH]n1.